The number of fused-ring (bicyclic) bond motifs is 1. The van der Waals surface area contributed by atoms with Crippen LogP contribution in [0.2, 0.25) is 0 Å². The van der Waals surface area contributed by atoms with Crippen molar-refractivity contribution in [3.05, 3.63) is 23.3 Å². The van der Waals surface area contributed by atoms with Gasteiger partial charge in [-0.2, -0.15) is 4.98 Å². The quantitative estimate of drug-likeness (QED) is 0.741. The molecular weight excluding hydrogens is 294 g/mol. The van der Waals surface area contributed by atoms with E-state index in [0.717, 1.165) is 50.5 Å². The highest BCUT2D eigenvalue weighted by Crippen LogP contribution is 2.05. The van der Waals surface area contributed by atoms with Crippen LogP contribution in [0.1, 0.15) is 28.4 Å². The summed E-state index contributed by atoms with van der Waals surface area (Å²) >= 11 is 0. The molecule has 23 heavy (non-hydrogen) atoms. The van der Waals surface area contributed by atoms with Gasteiger partial charge in [-0.15, -0.1) is 5.10 Å². The fourth-order valence-corrected chi connectivity index (χ4v) is 2.78. The van der Waals surface area contributed by atoms with Crippen LogP contribution >= 0.6 is 0 Å². The Morgan fingerprint density at radius 2 is 2.09 bits per heavy atom. The molecule has 1 saturated heterocycles. The predicted molar refractivity (Wildman–Crippen MR) is 86.5 cm³/mol. The van der Waals surface area contributed by atoms with E-state index >= 15 is 0 Å². The number of hydrogen-bond donors (Lipinski definition) is 2. The molecule has 2 N–H and O–H groups in total. The first-order valence-electron chi connectivity index (χ1n) is 8.06. The van der Waals surface area contributed by atoms with E-state index in [-0.39, 0.29) is 11.7 Å². The van der Waals surface area contributed by atoms with Gasteiger partial charge in [-0.1, -0.05) is 0 Å². The summed E-state index contributed by atoms with van der Waals surface area (Å²) in [4.78, 5) is 23.1. The van der Waals surface area contributed by atoms with Gasteiger partial charge in [0.15, 0.2) is 0 Å². The molecule has 124 valence electrons. The van der Waals surface area contributed by atoms with E-state index in [1.165, 1.54) is 0 Å². The first kappa shape index (κ1) is 15.8. The van der Waals surface area contributed by atoms with E-state index in [2.05, 4.69) is 30.6 Å². The molecular formula is C15H23N7O. The van der Waals surface area contributed by atoms with Gasteiger partial charge in [0, 0.05) is 44.1 Å². The Hall–Kier alpha value is -2.06. The minimum Gasteiger partial charge on any atom is -0.349 e. The van der Waals surface area contributed by atoms with E-state index in [0.29, 0.717) is 12.3 Å². The molecule has 0 aliphatic carbocycles. The molecule has 0 unspecified atom stereocenters. The average Bonchev–Trinajstić information content (AvgIpc) is 2.97. The topological polar surface area (TPSA) is 87.5 Å². The first-order chi connectivity index (χ1) is 11.1. The van der Waals surface area contributed by atoms with Crippen molar-refractivity contribution in [3.63, 3.8) is 0 Å². The molecule has 0 aromatic carbocycles. The van der Waals surface area contributed by atoms with Crippen LogP contribution in [0.3, 0.4) is 0 Å². The summed E-state index contributed by atoms with van der Waals surface area (Å²) in [5, 5.41) is 10.5. The summed E-state index contributed by atoms with van der Waals surface area (Å²) in [5.41, 5.74) is 1.78. The number of hydrogen-bond acceptors (Lipinski definition) is 6. The zero-order valence-electron chi connectivity index (χ0n) is 13.7. The van der Waals surface area contributed by atoms with Crippen molar-refractivity contribution in [2.45, 2.75) is 20.3 Å². The third kappa shape index (κ3) is 3.83. The lowest BCUT2D eigenvalue weighted by molar-refractivity contribution is 0.0941. The Bertz CT molecular complexity index is 690. The standard InChI is InChI=1S/C15H23N7O/c1-11-10-12(2)22-15(18-11)19-13(20-22)14(23)17-4-3-7-21-8-5-16-6-9-21/h10,16H,3-9H2,1-2H3,(H,17,23). The smallest absolute Gasteiger partial charge is 0.291 e. The second-order valence-corrected chi connectivity index (χ2v) is 5.89. The van der Waals surface area contributed by atoms with E-state index in [1.807, 2.05) is 19.9 Å². The largest absolute Gasteiger partial charge is 0.349 e. The van der Waals surface area contributed by atoms with Crippen molar-refractivity contribution in [2.75, 3.05) is 39.3 Å². The van der Waals surface area contributed by atoms with Crippen LogP contribution < -0.4 is 10.6 Å². The van der Waals surface area contributed by atoms with E-state index in [1.54, 1.807) is 4.52 Å². The van der Waals surface area contributed by atoms with Crippen molar-refractivity contribution >= 4 is 11.7 Å². The molecule has 0 bridgehead atoms. The molecule has 0 spiro atoms. The maximum absolute atomic E-state index is 12.2. The lowest BCUT2D eigenvalue weighted by Crippen LogP contribution is -2.44. The molecule has 8 heteroatoms. The van der Waals surface area contributed by atoms with Gasteiger partial charge in [0.25, 0.3) is 11.7 Å². The highest BCUT2D eigenvalue weighted by molar-refractivity contribution is 5.90. The van der Waals surface area contributed by atoms with Gasteiger partial charge < -0.3 is 15.5 Å². The summed E-state index contributed by atoms with van der Waals surface area (Å²) in [5.74, 6) is 0.398. The third-order valence-corrected chi connectivity index (χ3v) is 3.97. The van der Waals surface area contributed by atoms with Crippen LogP contribution in [0.4, 0.5) is 0 Å². The molecule has 2 aromatic rings. The molecule has 0 saturated carbocycles. The van der Waals surface area contributed by atoms with Crippen molar-refractivity contribution in [1.29, 1.82) is 0 Å². The Kier molecular flexibility index (Phi) is 4.82. The van der Waals surface area contributed by atoms with Gasteiger partial charge in [0.1, 0.15) is 0 Å². The van der Waals surface area contributed by atoms with Crippen LogP contribution in [-0.4, -0.2) is 69.7 Å². The molecule has 2 aromatic heterocycles. The normalized spacial score (nSPS) is 15.9. The second-order valence-electron chi connectivity index (χ2n) is 5.89. The average molecular weight is 317 g/mol. The van der Waals surface area contributed by atoms with Crippen LogP contribution in [0.25, 0.3) is 5.78 Å². The van der Waals surface area contributed by atoms with Gasteiger partial charge in [-0.25, -0.2) is 9.50 Å². The number of aromatic nitrogens is 4. The van der Waals surface area contributed by atoms with Crippen LogP contribution in [0.5, 0.6) is 0 Å². The Morgan fingerprint density at radius 3 is 2.87 bits per heavy atom. The van der Waals surface area contributed by atoms with E-state index in [4.69, 9.17) is 0 Å². The van der Waals surface area contributed by atoms with Crippen LogP contribution in [0.15, 0.2) is 6.07 Å². The molecule has 1 amide bonds. The monoisotopic (exact) mass is 317 g/mol. The molecule has 0 radical (unpaired) electrons. The minimum absolute atomic E-state index is 0.174. The Labute approximate surface area is 135 Å². The number of piperazine rings is 1. The van der Waals surface area contributed by atoms with Crippen molar-refractivity contribution < 1.29 is 4.79 Å². The van der Waals surface area contributed by atoms with Crippen molar-refractivity contribution in [2.24, 2.45) is 0 Å². The molecule has 3 heterocycles. The van der Waals surface area contributed by atoms with Crippen molar-refractivity contribution in [3.8, 4) is 0 Å². The molecule has 3 rings (SSSR count). The number of nitrogens with zero attached hydrogens (tertiary/aromatic N) is 5. The highest BCUT2D eigenvalue weighted by Gasteiger charge is 2.15. The van der Waals surface area contributed by atoms with E-state index in [9.17, 15) is 4.79 Å². The second kappa shape index (κ2) is 7.01. The number of carbonyl (C=O) groups is 1. The van der Waals surface area contributed by atoms with Gasteiger partial charge in [0.2, 0.25) is 5.82 Å². The SMILES string of the molecule is Cc1cc(C)n2nc(C(=O)NCCCN3CCNCC3)nc2n1. The maximum Gasteiger partial charge on any atom is 0.291 e. The highest BCUT2D eigenvalue weighted by atomic mass is 16.2. The predicted octanol–water partition coefficient (Wildman–Crippen LogP) is -0.234. The zero-order chi connectivity index (χ0) is 16.2. The molecule has 0 atom stereocenters. The Morgan fingerprint density at radius 1 is 1.30 bits per heavy atom. The summed E-state index contributed by atoms with van der Waals surface area (Å²) in [7, 11) is 0. The van der Waals surface area contributed by atoms with Gasteiger partial charge >= 0.3 is 0 Å². The number of aryl methyl sites for hydroxylation is 2. The number of carbonyl (C=O) groups excluding carboxylic acids is 1. The third-order valence-electron chi connectivity index (χ3n) is 3.97. The van der Waals surface area contributed by atoms with Gasteiger partial charge in [-0.3, -0.25) is 4.79 Å². The lowest BCUT2D eigenvalue weighted by Gasteiger charge is -2.26. The molecule has 1 fully saturated rings. The van der Waals surface area contributed by atoms with E-state index < -0.39 is 0 Å². The van der Waals surface area contributed by atoms with Crippen LogP contribution in [-0.2, 0) is 0 Å². The molecule has 8 nitrogen and oxygen atoms in total. The van der Waals surface area contributed by atoms with Gasteiger partial charge in [-0.05, 0) is 32.9 Å². The molecule has 1 aliphatic rings. The first-order valence-corrected chi connectivity index (χ1v) is 8.06. The maximum atomic E-state index is 12.2. The number of amides is 1. The zero-order valence-corrected chi connectivity index (χ0v) is 13.7. The summed E-state index contributed by atoms with van der Waals surface area (Å²) in [6, 6.07) is 1.91. The molecule has 1 aliphatic heterocycles. The summed E-state index contributed by atoms with van der Waals surface area (Å²) in [6.45, 7) is 9.69. The number of nitrogens with one attached hydrogen (secondary N) is 2. The lowest BCUT2D eigenvalue weighted by atomic mass is 10.3. The number of rotatable bonds is 5. The Balaban J connectivity index is 1.53. The summed E-state index contributed by atoms with van der Waals surface area (Å²) < 4.78 is 1.60. The van der Waals surface area contributed by atoms with Gasteiger partial charge in [0.05, 0.1) is 0 Å². The summed E-state index contributed by atoms with van der Waals surface area (Å²) in [6.07, 6.45) is 0.926. The van der Waals surface area contributed by atoms with Crippen molar-refractivity contribution in [1.82, 2.24) is 35.1 Å². The minimum atomic E-state index is -0.243. The van der Waals surface area contributed by atoms with Crippen LogP contribution in [0, 0.1) is 13.8 Å². The fraction of sp³-hybridized carbons (Fsp3) is 0.600. The fourth-order valence-electron chi connectivity index (χ4n) is 2.78.